The smallest absolute Gasteiger partial charge is 0.330 e. The summed E-state index contributed by atoms with van der Waals surface area (Å²) in [5, 5.41) is 10.8. The quantitative estimate of drug-likeness (QED) is 0.588. The number of hydrogen-bond acceptors (Lipinski definition) is 3. The molecule has 108 valence electrons. The fourth-order valence-electron chi connectivity index (χ4n) is 2.36. The molecule has 1 aliphatic rings. The Kier molecular flexibility index (Phi) is 3.41. The van der Waals surface area contributed by atoms with E-state index in [4.69, 9.17) is 0 Å². The van der Waals surface area contributed by atoms with Gasteiger partial charge in [0, 0.05) is 25.2 Å². The maximum absolute atomic E-state index is 12.4. The van der Waals surface area contributed by atoms with Crippen LogP contribution in [0.1, 0.15) is 16.7 Å². The Morgan fingerprint density at radius 2 is 2.05 bits per heavy atom. The molecule has 8 heteroatoms. The van der Waals surface area contributed by atoms with Crippen LogP contribution in [0.5, 0.6) is 0 Å². The summed E-state index contributed by atoms with van der Waals surface area (Å²) in [6.07, 6.45) is -4.66. The number of halogens is 3. The predicted molar refractivity (Wildman–Crippen MR) is 63.0 cm³/mol. The monoisotopic (exact) mass is 288 g/mol. The van der Waals surface area contributed by atoms with E-state index in [1.807, 2.05) is 0 Å². The summed E-state index contributed by atoms with van der Waals surface area (Å²) >= 11 is 0. The number of nitro groups is 1. The van der Waals surface area contributed by atoms with Gasteiger partial charge in [-0.15, -0.1) is 0 Å². The van der Waals surface area contributed by atoms with E-state index >= 15 is 0 Å². The minimum absolute atomic E-state index is 0.0377. The molecule has 0 bridgehead atoms. The first-order valence-electron chi connectivity index (χ1n) is 5.83. The standard InChI is InChI=1S/C12H11F3N2O3/c1-7-4-9(17(19)20)5-8-6-16(3-2-10(7)8)11(18)12(13,14)15/h4-5H,2-3,6H2,1H3. The van der Waals surface area contributed by atoms with E-state index in [1.165, 1.54) is 12.1 Å². The first-order valence-corrected chi connectivity index (χ1v) is 5.83. The Morgan fingerprint density at radius 3 is 2.60 bits per heavy atom. The third-order valence-corrected chi connectivity index (χ3v) is 3.28. The summed E-state index contributed by atoms with van der Waals surface area (Å²) in [5.41, 5.74) is 1.67. The van der Waals surface area contributed by atoms with Gasteiger partial charge in [0.2, 0.25) is 0 Å². The van der Waals surface area contributed by atoms with Crippen molar-refractivity contribution in [3.8, 4) is 0 Å². The normalized spacial score (nSPS) is 14.9. The molecule has 1 aromatic rings. The van der Waals surface area contributed by atoms with E-state index in [1.54, 1.807) is 6.92 Å². The lowest BCUT2D eigenvalue weighted by molar-refractivity contribution is -0.385. The van der Waals surface area contributed by atoms with Crippen LogP contribution >= 0.6 is 0 Å². The molecule has 0 saturated heterocycles. The van der Waals surface area contributed by atoms with Crippen molar-refractivity contribution in [2.24, 2.45) is 0 Å². The lowest BCUT2D eigenvalue weighted by Gasteiger charge is -2.30. The number of alkyl halides is 3. The van der Waals surface area contributed by atoms with Crippen LogP contribution in [0.4, 0.5) is 18.9 Å². The first kappa shape index (κ1) is 14.3. The lowest BCUT2D eigenvalue weighted by atomic mass is 9.94. The number of non-ortho nitro benzene ring substituents is 1. The van der Waals surface area contributed by atoms with Crippen LogP contribution in [-0.2, 0) is 17.8 Å². The van der Waals surface area contributed by atoms with Crippen LogP contribution in [0.3, 0.4) is 0 Å². The zero-order valence-corrected chi connectivity index (χ0v) is 10.5. The molecule has 1 amide bonds. The van der Waals surface area contributed by atoms with Crippen molar-refractivity contribution in [1.29, 1.82) is 0 Å². The molecule has 0 radical (unpaired) electrons. The molecule has 1 aliphatic heterocycles. The number of carbonyl (C=O) groups is 1. The minimum atomic E-state index is -4.92. The van der Waals surface area contributed by atoms with Crippen LogP contribution in [0.25, 0.3) is 0 Å². The highest BCUT2D eigenvalue weighted by atomic mass is 19.4. The SMILES string of the molecule is Cc1cc([N+](=O)[O-])cc2c1CCN(C(=O)C(F)(F)F)C2. The van der Waals surface area contributed by atoms with E-state index in [0.717, 1.165) is 5.56 Å². The molecule has 0 unspecified atom stereocenters. The predicted octanol–water partition coefficient (Wildman–Crippen LogP) is 2.35. The molecule has 0 aromatic heterocycles. The van der Waals surface area contributed by atoms with Gasteiger partial charge in [0.25, 0.3) is 5.69 Å². The van der Waals surface area contributed by atoms with Crippen LogP contribution in [-0.4, -0.2) is 28.5 Å². The highest BCUT2D eigenvalue weighted by Gasteiger charge is 2.43. The third-order valence-electron chi connectivity index (χ3n) is 3.28. The fraction of sp³-hybridized carbons (Fsp3) is 0.417. The zero-order valence-electron chi connectivity index (χ0n) is 10.5. The summed E-state index contributed by atoms with van der Waals surface area (Å²) < 4.78 is 37.2. The van der Waals surface area contributed by atoms with Gasteiger partial charge in [-0.1, -0.05) is 0 Å². The Labute approximate surface area is 112 Å². The van der Waals surface area contributed by atoms with Gasteiger partial charge in [0.1, 0.15) is 0 Å². The lowest BCUT2D eigenvalue weighted by Crippen LogP contribution is -2.43. The average Bonchev–Trinajstić information content (AvgIpc) is 2.35. The third kappa shape index (κ3) is 2.59. The van der Waals surface area contributed by atoms with Crippen LogP contribution in [0.2, 0.25) is 0 Å². The van der Waals surface area contributed by atoms with Gasteiger partial charge in [-0.25, -0.2) is 0 Å². The molecule has 0 spiro atoms. The Bertz CT molecular complexity index is 584. The van der Waals surface area contributed by atoms with Gasteiger partial charge in [-0.2, -0.15) is 13.2 Å². The van der Waals surface area contributed by atoms with Crippen molar-refractivity contribution in [2.75, 3.05) is 6.54 Å². The molecule has 0 aliphatic carbocycles. The summed E-state index contributed by atoms with van der Waals surface area (Å²) in [7, 11) is 0. The number of aryl methyl sites for hydroxylation is 1. The van der Waals surface area contributed by atoms with Gasteiger partial charge in [0.05, 0.1) is 4.92 Å². The van der Waals surface area contributed by atoms with Crippen LogP contribution < -0.4 is 0 Å². The maximum atomic E-state index is 12.4. The number of hydrogen-bond donors (Lipinski definition) is 0. The van der Waals surface area contributed by atoms with Crippen LogP contribution in [0, 0.1) is 17.0 Å². The number of fused-ring (bicyclic) bond motifs is 1. The summed E-state index contributed by atoms with van der Waals surface area (Å²) in [6, 6.07) is 2.62. The van der Waals surface area contributed by atoms with Crippen molar-refractivity contribution < 1.29 is 22.9 Å². The molecular formula is C12H11F3N2O3. The molecule has 0 saturated carbocycles. The first-order chi connectivity index (χ1) is 9.20. The van der Waals surface area contributed by atoms with Gasteiger partial charge in [0.15, 0.2) is 0 Å². The maximum Gasteiger partial charge on any atom is 0.471 e. The van der Waals surface area contributed by atoms with Crippen molar-refractivity contribution in [1.82, 2.24) is 4.90 Å². The van der Waals surface area contributed by atoms with E-state index in [-0.39, 0.29) is 25.2 Å². The summed E-state index contributed by atoms with van der Waals surface area (Å²) in [6.45, 7) is 1.38. The molecule has 1 aromatic carbocycles. The second kappa shape index (κ2) is 4.77. The number of nitro benzene ring substituents is 1. The second-order valence-electron chi connectivity index (χ2n) is 4.63. The minimum Gasteiger partial charge on any atom is -0.330 e. The number of benzene rings is 1. The van der Waals surface area contributed by atoms with Crippen molar-refractivity contribution >= 4 is 11.6 Å². The largest absolute Gasteiger partial charge is 0.471 e. The Balaban J connectivity index is 2.34. The van der Waals surface area contributed by atoms with E-state index in [2.05, 4.69) is 0 Å². The van der Waals surface area contributed by atoms with Crippen molar-refractivity contribution in [3.63, 3.8) is 0 Å². The van der Waals surface area contributed by atoms with E-state index in [0.29, 0.717) is 16.0 Å². The number of nitrogens with zero attached hydrogens (tertiary/aromatic N) is 2. The summed E-state index contributed by atoms with van der Waals surface area (Å²) in [4.78, 5) is 22.0. The van der Waals surface area contributed by atoms with Gasteiger partial charge in [-0.05, 0) is 30.0 Å². The average molecular weight is 288 g/mol. The molecule has 1 heterocycles. The Morgan fingerprint density at radius 1 is 1.40 bits per heavy atom. The molecule has 5 nitrogen and oxygen atoms in total. The number of carbonyl (C=O) groups excluding carboxylic acids is 1. The molecule has 20 heavy (non-hydrogen) atoms. The molecule has 0 N–H and O–H groups in total. The number of amides is 1. The molecule has 0 fully saturated rings. The fourth-order valence-corrected chi connectivity index (χ4v) is 2.36. The van der Waals surface area contributed by atoms with Crippen molar-refractivity contribution in [2.45, 2.75) is 26.1 Å². The van der Waals surface area contributed by atoms with Gasteiger partial charge in [-0.3, -0.25) is 14.9 Å². The number of rotatable bonds is 1. The van der Waals surface area contributed by atoms with Gasteiger partial charge >= 0.3 is 12.1 Å². The molecular weight excluding hydrogens is 277 g/mol. The molecule has 2 rings (SSSR count). The summed E-state index contributed by atoms with van der Waals surface area (Å²) in [5.74, 6) is -1.91. The topological polar surface area (TPSA) is 63.5 Å². The highest BCUT2D eigenvalue weighted by Crippen LogP contribution is 2.29. The molecule has 0 atom stereocenters. The Hall–Kier alpha value is -2.12. The van der Waals surface area contributed by atoms with E-state index < -0.39 is 17.0 Å². The zero-order chi connectivity index (χ0) is 15.1. The van der Waals surface area contributed by atoms with E-state index in [9.17, 15) is 28.1 Å². The van der Waals surface area contributed by atoms with Crippen LogP contribution in [0.15, 0.2) is 12.1 Å². The second-order valence-corrected chi connectivity index (χ2v) is 4.63. The van der Waals surface area contributed by atoms with Crippen molar-refractivity contribution in [3.05, 3.63) is 38.9 Å². The highest BCUT2D eigenvalue weighted by molar-refractivity contribution is 5.82. The van der Waals surface area contributed by atoms with Gasteiger partial charge < -0.3 is 4.90 Å².